The molecular weight excluding hydrogens is 401 g/mol. The Morgan fingerprint density at radius 1 is 1.11 bits per heavy atom. The number of ether oxygens (including phenoxy) is 1. The maximum absolute atomic E-state index is 11.3. The topological polar surface area (TPSA) is 102 Å². The Labute approximate surface area is 166 Å². The molecule has 2 aromatic carbocycles. The van der Waals surface area contributed by atoms with Gasteiger partial charge in [0, 0.05) is 16.0 Å². The van der Waals surface area contributed by atoms with Crippen LogP contribution in [0.4, 0.5) is 0 Å². The van der Waals surface area contributed by atoms with E-state index >= 15 is 0 Å². The largest absolute Gasteiger partial charge is 0.524 e. The van der Waals surface area contributed by atoms with Crippen LogP contribution in [0, 0.1) is 13.8 Å². The summed E-state index contributed by atoms with van der Waals surface area (Å²) in [6.45, 7) is 3.96. The predicted octanol–water partition coefficient (Wildman–Crippen LogP) is 4.83. The molecule has 0 spiro atoms. The molecule has 0 fully saturated rings. The van der Waals surface area contributed by atoms with E-state index in [0.29, 0.717) is 21.8 Å². The van der Waals surface area contributed by atoms with E-state index in [1.165, 1.54) is 11.8 Å². The molecule has 0 aliphatic heterocycles. The smallest absolute Gasteiger partial charge is 0.496 e. The molecule has 28 heavy (non-hydrogen) atoms. The summed E-state index contributed by atoms with van der Waals surface area (Å²) in [6.07, 6.45) is 3.36. The van der Waals surface area contributed by atoms with E-state index in [1.807, 2.05) is 32.0 Å². The second-order valence-corrected chi connectivity index (χ2v) is 8.15. The number of nitrogens with zero attached hydrogens (tertiary/aromatic N) is 1. The number of hydrogen-bond acceptors (Lipinski definition) is 6. The molecule has 2 N–H and O–H groups in total. The standard InChI is InChI=1S/C19H20NO6PS/c1-11-7-14(9-16(24-3)12(11)2)19-15(10-20-25-19)13-5-6-18(28-4)17(8-13)26-27(21,22)23/h5-10H,1-4H3,(H2,21,22,23). The Morgan fingerprint density at radius 3 is 2.46 bits per heavy atom. The number of benzene rings is 2. The first-order valence-corrected chi connectivity index (χ1v) is 11.0. The zero-order valence-electron chi connectivity index (χ0n) is 15.8. The zero-order chi connectivity index (χ0) is 20.5. The van der Waals surface area contributed by atoms with Crippen LogP contribution in [0.5, 0.6) is 11.5 Å². The summed E-state index contributed by atoms with van der Waals surface area (Å²) in [7, 11) is -3.08. The van der Waals surface area contributed by atoms with Crippen LogP contribution >= 0.6 is 19.6 Å². The van der Waals surface area contributed by atoms with E-state index in [9.17, 15) is 14.4 Å². The van der Waals surface area contributed by atoms with Crippen molar-refractivity contribution in [2.24, 2.45) is 0 Å². The second kappa shape index (κ2) is 8.01. The van der Waals surface area contributed by atoms with Gasteiger partial charge in [0.1, 0.15) is 11.5 Å². The summed E-state index contributed by atoms with van der Waals surface area (Å²) in [5.41, 5.74) is 4.20. The first kappa shape index (κ1) is 20.5. The minimum Gasteiger partial charge on any atom is -0.496 e. The molecule has 1 heterocycles. The van der Waals surface area contributed by atoms with E-state index < -0.39 is 7.82 Å². The summed E-state index contributed by atoms with van der Waals surface area (Å²) < 4.78 is 27.1. The van der Waals surface area contributed by atoms with Gasteiger partial charge in [-0.1, -0.05) is 11.2 Å². The SMILES string of the molecule is COc1cc(-c2oncc2-c2ccc(SC)c(OP(=O)(O)O)c2)cc(C)c1C. The average Bonchev–Trinajstić information content (AvgIpc) is 3.12. The molecule has 0 atom stereocenters. The highest BCUT2D eigenvalue weighted by Crippen LogP contribution is 2.44. The number of thioether (sulfide) groups is 1. The van der Waals surface area contributed by atoms with Crippen LogP contribution in [0.1, 0.15) is 11.1 Å². The minimum absolute atomic E-state index is 0.100. The third-order valence-corrected chi connectivity index (χ3v) is 5.58. The molecule has 0 bridgehead atoms. The number of hydrogen-bond donors (Lipinski definition) is 2. The number of aromatic nitrogens is 1. The van der Waals surface area contributed by atoms with Crippen molar-refractivity contribution in [1.82, 2.24) is 5.16 Å². The number of phosphoric acid groups is 1. The Kier molecular flexibility index (Phi) is 5.86. The Bertz CT molecular complexity index is 1060. The van der Waals surface area contributed by atoms with E-state index in [1.54, 1.807) is 31.7 Å². The lowest BCUT2D eigenvalue weighted by Gasteiger charge is -2.13. The number of methoxy groups -OCH3 is 1. The molecule has 1 aromatic heterocycles. The van der Waals surface area contributed by atoms with Gasteiger partial charge >= 0.3 is 7.82 Å². The van der Waals surface area contributed by atoms with E-state index in [4.69, 9.17) is 13.8 Å². The molecule has 0 aliphatic rings. The van der Waals surface area contributed by atoms with Gasteiger partial charge in [-0.2, -0.15) is 0 Å². The quantitative estimate of drug-likeness (QED) is 0.431. The van der Waals surface area contributed by atoms with Crippen molar-refractivity contribution in [2.75, 3.05) is 13.4 Å². The number of phosphoric ester groups is 1. The summed E-state index contributed by atoms with van der Waals surface area (Å²) in [5, 5.41) is 3.91. The highest BCUT2D eigenvalue weighted by molar-refractivity contribution is 7.98. The number of aryl methyl sites for hydroxylation is 1. The molecule has 7 nitrogen and oxygen atoms in total. The third kappa shape index (κ3) is 4.25. The fraction of sp³-hybridized carbons (Fsp3) is 0.211. The monoisotopic (exact) mass is 421 g/mol. The average molecular weight is 421 g/mol. The molecule has 9 heteroatoms. The first-order valence-electron chi connectivity index (χ1n) is 8.27. The van der Waals surface area contributed by atoms with Crippen LogP contribution in [-0.4, -0.2) is 28.3 Å². The molecule has 0 saturated carbocycles. The van der Waals surface area contributed by atoms with Crippen LogP contribution in [-0.2, 0) is 4.57 Å². The van der Waals surface area contributed by atoms with E-state index in [2.05, 4.69) is 5.16 Å². The van der Waals surface area contributed by atoms with Crippen LogP contribution in [0.2, 0.25) is 0 Å². The van der Waals surface area contributed by atoms with Crippen molar-refractivity contribution >= 4 is 19.6 Å². The molecule has 148 valence electrons. The molecule has 0 unspecified atom stereocenters. The van der Waals surface area contributed by atoms with Crippen LogP contribution < -0.4 is 9.26 Å². The second-order valence-electron chi connectivity index (χ2n) is 6.14. The molecule has 0 saturated heterocycles. The van der Waals surface area contributed by atoms with Gasteiger partial charge in [0.05, 0.1) is 13.3 Å². The van der Waals surface area contributed by atoms with Gasteiger partial charge in [0.2, 0.25) is 0 Å². The minimum atomic E-state index is -4.69. The lowest BCUT2D eigenvalue weighted by Crippen LogP contribution is -1.93. The fourth-order valence-corrected chi connectivity index (χ4v) is 3.84. The molecular formula is C19H20NO6PS. The normalized spacial score (nSPS) is 11.5. The zero-order valence-corrected chi connectivity index (χ0v) is 17.5. The van der Waals surface area contributed by atoms with Crippen molar-refractivity contribution < 1.29 is 28.1 Å². The molecule has 0 aliphatic carbocycles. The maximum atomic E-state index is 11.3. The van der Waals surface area contributed by atoms with Crippen LogP contribution in [0.3, 0.4) is 0 Å². The predicted molar refractivity (Wildman–Crippen MR) is 108 cm³/mol. The van der Waals surface area contributed by atoms with Gasteiger partial charge in [0.15, 0.2) is 5.76 Å². The molecule has 3 rings (SSSR count). The lowest BCUT2D eigenvalue weighted by atomic mass is 9.98. The number of rotatable bonds is 6. The van der Waals surface area contributed by atoms with Crippen molar-refractivity contribution in [2.45, 2.75) is 18.7 Å². The van der Waals surface area contributed by atoms with E-state index in [-0.39, 0.29) is 5.75 Å². The Balaban J connectivity index is 2.11. The van der Waals surface area contributed by atoms with Crippen molar-refractivity contribution in [3.8, 4) is 33.9 Å². The van der Waals surface area contributed by atoms with Gasteiger partial charge < -0.3 is 13.8 Å². The van der Waals surface area contributed by atoms with Crippen molar-refractivity contribution in [3.05, 3.63) is 47.7 Å². The summed E-state index contributed by atoms with van der Waals surface area (Å²) in [5.74, 6) is 1.36. The lowest BCUT2D eigenvalue weighted by molar-refractivity contribution is 0.281. The van der Waals surface area contributed by atoms with Gasteiger partial charge in [-0.15, -0.1) is 11.8 Å². The summed E-state index contributed by atoms with van der Waals surface area (Å²) >= 11 is 1.33. The summed E-state index contributed by atoms with van der Waals surface area (Å²) in [6, 6.07) is 8.98. The van der Waals surface area contributed by atoms with Crippen LogP contribution in [0.25, 0.3) is 22.5 Å². The highest BCUT2D eigenvalue weighted by Gasteiger charge is 2.21. The van der Waals surface area contributed by atoms with Crippen LogP contribution in [0.15, 0.2) is 45.9 Å². The van der Waals surface area contributed by atoms with Crippen molar-refractivity contribution in [1.29, 1.82) is 0 Å². The highest BCUT2D eigenvalue weighted by atomic mass is 32.2. The summed E-state index contributed by atoms with van der Waals surface area (Å²) in [4.78, 5) is 19.0. The van der Waals surface area contributed by atoms with Gasteiger partial charge in [0.25, 0.3) is 0 Å². The van der Waals surface area contributed by atoms with Gasteiger partial charge in [-0.25, -0.2) is 4.57 Å². The van der Waals surface area contributed by atoms with Gasteiger partial charge in [-0.3, -0.25) is 9.79 Å². The Morgan fingerprint density at radius 2 is 1.82 bits per heavy atom. The fourth-order valence-electron chi connectivity index (χ4n) is 2.87. The van der Waals surface area contributed by atoms with Crippen molar-refractivity contribution in [3.63, 3.8) is 0 Å². The Hall–Kier alpha value is -2.25. The molecule has 3 aromatic rings. The first-order chi connectivity index (χ1) is 13.2. The third-order valence-electron chi connectivity index (χ3n) is 4.36. The van der Waals surface area contributed by atoms with E-state index in [0.717, 1.165) is 22.4 Å². The molecule has 0 amide bonds. The maximum Gasteiger partial charge on any atom is 0.524 e. The molecule has 0 radical (unpaired) electrons. The van der Waals surface area contributed by atoms with Gasteiger partial charge in [-0.05, 0) is 61.1 Å².